The van der Waals surface area contributed by atoms with Crippen LogP contribution in [0.2, 0.25) is 0 Å². The Balaban J connectivity index is 1.62. The summed E-state index contributed by atoms with van der Waals surface area (Å²) in [6.07, 6.45) is 0.397. The summed E-state index contributed by atoms with van der Waals surface area (Å²) in [6, 6.07) is 30.4. The van der Waals surface area contributed by atoms with Gasteiger partial charge in [0.1, 0.15) is 11.8 Å². The Morgan fingerprint density at radius 1 is 0.886 bits per heavy atom. The van der Waals surface area contributed by atoms with Gasteiger partial charge in [0, 0.05) is 29.9 Å². The molecule has 0 bridgehead atoms. The fraction of sp³-hybridized carbons (Fsp3) is 0.172. The average molecular weight is 531 g/mol. The summed E-state index contributed by atoms with van der Waals surface area (Å²) in [5, 5.41) is 4.71. The molecule has 0 radical (unpaired) electrons. The summed E-state index contributed by atoms with van der Waals surface area (Å²) in [4.78, 5) is 28.2. The molecule has 178 valence electrons. The molecule has 0 aliphatic carbocycles. The quantitative estimate of drug-likeness (QED) is 0.316. The number of carbonyl (C=O) groups excluding carboxylic acids is 2. The minimum atomic E-state index is -0.690. The van der Waals surface area contributed by atoms with Crippen LogP contribution in [-0.2, 0) is 22.6 Å². The van der Waals surface area contributed by atoms with Gasteiger partial charge in [-0.1, -0.05) is 94.8 Å². The molecule has 0 spiro atoms. The molecule has 1 atom stereocenters. The van der Waals surface area contributed by atoms with Crippen LogP contribution in [0.15, 0.2) is 102 Å². The molecule has 4 rings (SSSR count). The van der Waals surface area contributed by atoms with Crippen LogP contribution in [0.4, 0.5) is 0 Å². The maximum atomic E-state index is 13.6. The van der Waals surface area contributed by atoms with E-state index in [0.29, 0.717) is 12.2 Å². The normalized spacial score (nSPS) is 11.6. The summed E-state index contributed by atoms with van der Waals surface area (Å²) >= 11 is 3.50. The highest BCUT2D eigenvalue weighted by molar-refractivity contribution is 9.10. The SMILES string of the molecule is CNC(=O)C(Cc1ccccc1)N(Cc1cccc(Br)c1)C(=O)COc1cccc2ccccc12. The number of likely N-dealkylation sites (N-methyl/N-ethyl adjacent to an activating group) is 1. The lowest BCUT2D eigenvalue weighted by molar-refractivity contribution is -0.142. The standard InChI is InChI=1S/C29H27BrN2O3/c1-31-29(34)26(18-21-9-3-2-4-10-21)32(19-22-11-7-14-24(30)17-22)28(33)20-35-27-16-8-13-23-12-5-6-15-25(23)27/h2-17,26H,18-20H2,1H3,(H,31,34). The van der Waals surface area contributed by atoms with Gasteiger partial charge >= 0.3 is 0 Å². The highest BCUT2D eigenvalue weighted by Gasteiger charge is 2.30. The molecule has 0 saturated carbocycles. The van der Waals surface area contributed by atoms with Crippen molar-refractivity contribution in [1.29, 1.82) is 0 Å². The predicted octanol–water partition coefficient (Wildman–Crippen LogP) is 5.37. The van der Waals surface area contributed by atoms with Crippen molar-refractivity contribution in [2.24, 2.45) is 0 Å². The average Bonchev–Trinajstić information content (AvgIpc) is 2.89. The Morgan fingerprint density at radius 2 is 1.57 bits per heavy atom. The van der Waals surface area contributed by atoms with E-state index in [0.717, 1.165) is 26.4 Å². The Bertz CT molecular complexity index is 1300. The fourth-order valence-corrected chi connectivity index (χ4v) is 4.54. The first-order chi connectivity index (χ1) is 17.0. The second kappa shape index (κ2) is 11.7. The van der Waals surface area contributed by atoms with Crippen molar-refractivity contribution in [3.63, 3.8) is 0 Å². The Hall–Kier alpha value is -3.64. The van der Waals surface area contributed by atoms with Gasteiger partial charge in [0.05, 0.1) is 0 Å². The van der Waals surface area contributed by atoms with E-state index in [1.807, 2.05) is 97.1 Å². The van der Waals surface area contributed by atoms with Crippen LogP contribution in [0, 0.1) is 0 Å². The molecule has 1 unspecified atom stereocenters. The second-order valence-corrected chi connectivity index (χ2v) is 9.15. The van der Waals surface area contributed by atoms with E-state index < -0.39 is 6.04 Å². The van der Waals surface area contributed by atoms with Gasteiger partial charge in [0.25, 0.3) is 5.91 Å². The first kappa shape index (κ1) is 24.5. The molecule has 0 saturated heterocycles. The van der Waals surface area contributed by atoms with Crippen LogP contribution in [0.1, 0.15) is 11.1 Å². The maximum absolute atomic E-state index is 13.6. The molecule has 35 heavy (non-hydrogen) atoms. The topological polar surface area (TPSA) is 58.6 Å². The molecule has 6 heteroatoms. The Morgan fingerprint density at radius 3 is 2.34 bits per heavy atom. The van der Waals surface area contributed by atoms with Crippen LogP contribution >= 0.6 is 15.9 Å². The first-order valence-corrected chi connectivity index (χ1v) is 12.2. The molecular weight excluding hydrogens is 504 g/mol. The van der Waals surface area contributed by atoms with Crippen LogP contribution in [0.25, 0.3) is 10.8 Å². The van der Waals surface area contributed by atoms with Crippen LogP contribution in [0.5, 0.6) is 5.75 Å². The largest absolute Gasteiger partial charge is 0.483 e. The third-order valence-electron chi connectivity index (χ3n) is 5.86. The summed E-state index contributed by atoms with van der Waals surface area (Å²) in [5.74, 6) is 0.156. The summed E-state index contributed by atoms with van der Waals surface area (Å²) < 4.78 is 6.92. The Labute approximate surface area is 213 Å². The van der Waals surface area contributed by atoms with Crippen molar-refractivity contribution in [3.8, 4) is 5.75 Å². The molecule has 4 aromatic rings. The molecule has 0 fully saturated rings. The van der Waals surface area contributed by atoms with E-state index in [2.05, 4.69) is 21.2 Å². The third-order valence-corrected chi connectivity index (χ3v) is 6.35. The minimum absolute atomic E-state index is 0.176. The van der Waals surface area contributed by atoms with E-state index in [4.69, 9.17) is 4.74 Å². The van der Waals surface area contributed by atoms with Gasteiger partial charge in [-0.3, -0.25) is 9.59 Å². The number of fused-ring (bicyclic) bond motifs is 1. The van der Waals surface area contributed by atoms with Crippen LogP contribution in [-0.4, -0.2) is 36.4 Å². The molecule has 0 aliphatic heterocycles. The molecule has 2 amide bonds. The van der Waals surface area contributed by atoms with Crippen LogP contribution < -0.4 is 10.1 Å². The molecule has 1 N–H and O–H groups in total. The highest BCUT2D eigenvalue weighted by atomic mass is 79.9. The van der Waals surface area contributed by atoms with E-state index >= 15 is 0 Å². The van der Waals surface area contributed by atoms with Gasteiger partial charge in [-0.15, -0.1) is 0 Å². The third kappa shape index (κ3) is 6.28. The zero-order valence-corrected chi connectivity index (χ0v) is 21.1. The number of halogens is 1. The number of hydrogen-bond donors (Lipinski definition) is 1. The van der Waals surface area contributed by atoms with Gasteiger partial charge in [-0.25, -0.2) is 0 Å². The van der Waals surface area contributed by atoms with Gasteiger partial charge in [0.2, 0.25) is 5.91 Å². The van der Waals surface area contributed by atoms with Crippen molar-refractivity contribution in [2.75, 3.05) is 13.7 Å². The van der Waals surface area contributed by atoms with Gasteiger partial charge < -0.3 is 15.0 Å². The zero-order valence-electron chi connectivity index (χ0n) is 19.5. The lowest BCUT2D eigenvalue weighted by Gasteiger charge is -2.31. The summed E-state index contributed by atoms with van der Waals surface area (Å²) in [5.41, 5.74) is 1.89. The van der Waals surface area contributed by atoms with Gasteiger partial charge in [-0.05, 0) is 34.7 Å². The maximum Gasteiger partial charge on any atom is 0.261 e. The number of hydrogen-bond acceptors (Lipinski definition) is 3. The number of benzene rings is 4. The number of nitrogens with one attached hydrogen (secondary N) is 1. The Kier molecular flexibility index (Phi) is 8.16. The van der Waals surface area contributed by atoms with Gasteiger partial charge in [-0.2, -0.15) is 0 Å². The smallest absolute Gasteiger partial charge is 0.261 e. The van der Waals surface area contributed by atoms with Crippen LogP contribution in [0.3, 0.4) is 0 Å². The monoisotopic (exact) mass is 530 g/mol. The predicted molar refractivity (Wildman–Crippen MR) is 142 cm³/mol. The first-order valence-electron chi connectivity index (χ1n) is 11.4. The summed E-state index contributed by atoms with van der Waals surface area (Å²) in [7, 11) is 1.59. The van der Waals surface area contributed by atoms with Crippen molar-refractivity contribution in [2.45, 2.75) is 19.0 Å². The number of ether oxygens (including phenoxy) is 1. The van der Waals surface area contributed by atoms with E-state index in [1.54, 1.807) is 11.9 Å². The molecule has 5 nitrogen and oxygen atoms in total. The van der Waals surface area contributed by atoms with E-state index in [-0.39, 0.29) is 25.0 Å². The van der Waals surface area contributed by atoms with Gasteiger partial charge in [0.15, 0.2) is 6.61 Å². The van der Waals surface area contributed by atoms with Crippen molar-refractivity contribution < 1.29 is 14.3 Å². The second-order valence-electron chi connectivity index (χ2n) is 8.24. The highest BCUT2D eigenvalue weighted by Crippen LogP contribution is 2.25. The van der Waals surface area contributed by atoms with E-state index in [9.17, 15) is 9.59 Å². The molecule has 0 heterocycles. The zero-order chi connectivity index (χ0) is 24.6. The summed E-state index contributed by atoms with van der Waals surface area (Å²) in [6.45, 7) is 0.104. The minimum Gasteiger partial charge on any atom is -0.483 e. The number of nitrogens with zero attached hydrogens (tertiary/aromatic N) is 1. The number of rotatable bonds is 9. The number of carbonyl (C=O) groups is 2. The van der Waals surface area contributed by atoms with E-state index in [1.165, 1.54) is 0 Å². The van der Waals surface area contributed by atoms with Crippen molar-refractivity contribution in [1.82, 2.24) is 10.2 Å². The van der Waals surface area contributed by atoms with Crippen molar-refractivity contribution >= 4 is 38.5 Å². The fourth-order valence-electron chi connectivity index (χ4n) is 4.10. The molecule has 4 aromatic carbocycles. The lowest BCUT2D eigenvalue weighted by atomic mass is 10.0. The molecule has 0 aliphatic rings. The number of amides is 2. The lowest BCUT2D eigenvalue weighted by Crippen LogP contribution is -2.51. The molecular formula is C29H27BrN2O3. The molecule has 0 aromatic heterocycles. The van der Waals surface area contributed by atoms with Crippen molar-refractivity contribution in [3.05, 3.63) is 113 Å².